The summed E-state index contributed by atoms with van der Waals surface area (Å²) in [5.41, 5.74) is 0.860. The summed E-state index contributed by atoms with van der Waals surface area (Å²) < 4.78 is 11.4. The lowest BCUT2D eigenvalue weighted by atomic mass is 10.3. The van der Waals surface area contributed by atoms with E-state index < -0.39 is 7.14 Å². The Balaban J connectivity index is 4.39. The average Bonchev–Trinajstić information content (AvgIpc) is 1.82. The van der Waals surface area contributed by atoms with E-state index in [2.05, 4.69) is 11.6 Å². The summed E-state index contributed by atoms with van der Waals surface area (Å²) >= 11 is 0. The molecule has 0 aromatic rings. The first-order chi connectivity index (χ1) is 5.35. The van der Waals surface area contributed by atoms with E-state index in [0.717, 1.165) is 5.71 Å². The summed E-state index contributed by atoms with van der Waals surface area (Å²) in [6, 6.07) is 0.254. The van der Waals surface area contributed by atoms with Crippen molar-refractivity contribution < 1.29 is 4.57 Å². The zero-order valence-corrected chi connectivity index (χ0v) is 9.27. The predicted molar refractivity (Wildman–Crippen MR) is 57.1 cm³/mol. The van der Waals surface area contributed by atoms with E-state index in [1.54, 1.807) is 19.4 Å². The molecule has 0 spiro atoms. The van der Waals surface area contributed by atoms with E-state index in [4.69, 9.17) is 0 Å². The van der Waals surface area contributed by atoms with Crippen LogP contribution in [0.25, 0.3) is 0 Å². The third-order valence-corrected chi connectivity index (χ3v) is 2.29. The number of rotatable bonds is 4. The zero-order chi connectivity index (χ0) is 9.78. The molecule has 12 heavy (non-hydrogen) atoms. The molecular weight excluding hydrogens is 169 g/mol. The van der Waals surface area contributed by atoms with Crippen molar-refractivity contribution in [2.24, 2.45) is 4.99 Å². The zero-order valence-electron chi connectivity index (χ0n) is 8.37. The Morgan fingerprint density at radius 2 is 2.08 bits per heavy atom. The fourth-order valence-corrected chi connectivity index (χ4v) is 1.87. The minimum Gasteiger partial charge on any atom is -0.324 e. The highest BCUT2D eigenvalue weighted by atomic mass is 31.2. The molecule has 0 aromatic carbocycles. The van der Waals surface area contributed by atoms with Crippen LogP contribution >= 0.6 is 7.14 Å². The van der Waals surface area contributed by atoms with Crippen molar-refractivity contribution in [3.63, 3.8) is 0 Å². The van der Waals surface area contributed by atoms with Gasteiger partial charge in [-0.25, -0.2) is 0 Å². The van der Waals surface area contributed by atoms with Crippen LogP contribution in [0.15, 0.2) is 17.6 Å². The van der Waals surface area contributed by atoms with Crippen molar-refractivity contribution in [1.29, 1.82) is 0 Å². The van der Waals surface area contributed by atoms with E-state index in [0.29, 0.717) is 6.16 Å². The van der Waals surface area contributed by atoms with Crippen molar-refractivity contribution in [1.82, 2.24) is 0 Å². The van der Waals surface area contributed by atoms with Crippen molar-refractivity contribution in [3.05, 3.63) is 12.7 Å². The molecular formula is C9H18NOP. The highest BCUT2D eigenvalue weighted by molar-refractivity contribution is 7.63. The Bertz CT molecular complexity index is 225. The Morgan fingerprint density at radius 3 is 2.33 bits per heavy atom. The Labute approximate surface area is 75.2 Å². The van der Waals surface area contributed by atoms with Crippen molar-refractivity contribution in [3.8, 4) is 0 Å². The number of nitrogens with zero attached hydrogens (tertiary/aromatic N) is 1. The van der Waals surface area contributed by atoms with Gasteiger partial charge in [-0.05, 0) is 33.3 Å². The van der Waals surface area contributed by atoms with Gasteiger partial charge in [0.15, 0.2) is 0 Å². The van der Waals surface area contributed by atoms with Gasteiger partial charge in [0, 0.05) is 17.9 Å². The number of aliphatic imine (C=N–C) groups is 1. The van der Waals surface area contributed by atoms with Gasteiger partial charge in [-0.1, -0.05) is 6.58 Å². The topological polar surface area (TPSA) is 29.4 Å². The molecule has 70 valence electrons. The molecule has 0 bridgehead atoms. The number of hydrogen-bond acceptors (Lipinski definition) is 2. The SMILES string of the molecule is C=CC(CP(C)(C)=O)=NC(C)C. The summed E-state index contributed by atoms with van der Waals surface area (Å²) in [6.07, 6.45) is 2.26. The van der Waals surface area contributed by atoms with E-state index >= 15 is 0 Å². The Hall–Kier alpha value is -0.360. The predicted octanol–water partition coefficient (Wildman–Crippen LogP) is 2.64. The molecule has 0 aliphatic heterocycles. The molecule has 0 saturated carbocycles. The summed E-state index contributed by atoms with van der Waals surface area (Å²) in [6.45, 7) is 11.2. The maximum Gasteiger partial charge on any atom is 0.0876 e. The lowest BCUT2D eigenvalue weighted by Gasteiger charge is -2.07. The van der Waals surface area contributed by atoms with Gasteiger partial charge in [-0.2, -0.15) is 0 Å². The van der Waals surface area contributed by atoms with Crippen molar-refractivity contribution in [2.75, 3.05) is 19.5 Å². The van der Waals surface area contributed by atoms with Gasteiger partial charge in [-0.15, -0.1) is 0 Å². The molecule has 0 N–H and O–H groups in total. The molecule has 0 radical (unpaired) electrons. The first kappa shape index (κ1) is 11.6. The maximum absolute atomic E-state index is 11.4. The van der Waals surface area contributed by atoms with Crippen molar-refractivity contribution >= 4 is 12.9 Å². The van der Waals surface area contributed by atoms with Gasteiger partial charge in [0.05, 0.1) is 7.14 Å². The summed E-state index contributed by atoms with van der Waals surface area (Å²) in [4.78, 5) is 4.31. The van der Waals surface area contributed by atoms with Crippen LogP contribution in [0.2, 0.25) is 0 Å². The molecule has 0 aromatic heterocycles. The van der Waals surface area contributed by atoms with Crippen LogP contribution in [0.3, 0.4) is 0 Å². The lowest BCUT2D eigenvalue weighted by Crippen LogP contribution is -2.05. The van der Waals surface area contributed by atoms with Crippen LogP contribution in [0, 0.1) is 0 Å². The lowest BCUT2D eigenvalue weighted by molar-refractivity contribution is 0.585. The monoisotopic (exact) mass is 187 g/mol. The second-order valence-electron chi connectivity index (χ2n) is 3.65. The van der Waals surface area contributed by atoms with Crippen LogP contribution in [-0.2, 0) is 4.57 Å². The summed E-state index contributed by atoms with van der Waals surface area (Å²) in [5.74, 6) is 0. The van der Waals surface area contributed by atoms with Gasteiger partial charge in [0.25, 0.3) is 0 Å². The molecule has 0 aliphatic carbocycles. The van der Waals surface area contributed by atoms with E-state index in [-0.39, 0.29) is 6.04 Å². The number of allylic oxidation sites excluding steroid dienone is 1. The van der Waals surface area contributed by atoms with E-state index in [1.807, 2.05) is 13.8 Å². The molecule has 0 atom stereocenters. The fourth-order valence-electron chi connectivity index (χ4n) is 0.880. The molecule has 0 unspecified atom stereocenters. The second kappa shape index (κ2) is 4.61. The summed E-state index contributed by atoms with van der Waals surface area (Å²) in [5, 5.41) is 0. The molecule has 0 saturated heterocycles. The Kier molecular flexibility index (Phi) is 4.47. The number of hydrogen-bond donors (Lipinski definition) is 0. The van der Waals surface area contributed by atoms with Gasteiger partial charge < -0.3 is 4.57 Å². The van der Waals surface area contributed by atoms with Crippen LogP contribution in [0.4, 0.5) is 0 Å². The molecule has 0 amide bonds. The normalized spacial score (nSPS) is 13.6. The largest absolute Gasteiger partial charge is 0.324 e. The summed E-state index contributed by atoms with van der Waals surface area (Å²) in [7, 11) is -2.00. The first-order valence-electron chi connectivity index (χ1n) is 4.08. The maximum atomic E-state index is 11.4. The molecule has 0 heterocycles. The molecule has 3 heteroatoms. The molecule has 0 fully saturated rings. The highest BCUT2D eigenvalue weighted by Crippen LogP contribution is 2.35. The van der Waals surface area contributed by atoms with Crippen LogP contribution in [-0.4, -0.2) is 31.2 Å². The second-order valence-corrected chi connectivity index (χ2v) is 7.11. The fraction of sp³-hybridized carbons (Fsp3) is 0.667. The van der Waals surface area contributed by atoms with Crippen LogP contribution in [0.5, 0.6) is 0 Å². The molecule has 2 nitrogen and oxygen atoms in total. The van der Waals surface area contributed by atoms with Gasteiger partial charge >= 0.3 is 0 Å². The Morgan fingerprint density at radius 1 is 1.58 bits per heavy atom. The van der Waals surface area contributed by atoms with Gasteiger partial charge in [0.1, 0.15) is 0 Å². The van der Waals surface area contributed by atoms with E-state index in [1.165, 1.54) is 0 Å². The third-order valence-electron chi connectivity index (χ3n) is 1.20. The minimum atomic E-state index is -2.00. The third kappa shape index (κ3) is 6.36. The minimum absolute atomic E-state index is 0.254. The molecule has 0 rings (SSSR count). The van der Waals surface area contributed by atoms with Crippen LogP contribution < -0.4 is 0 Å². The standard InChI is InChI=1S/C9H18NOP/c1-6-9(10-8(2)3)7-12(4,5)11/h6,8H,1,7H2,2-5H3. The molecule has 0 aliphatic rings. The average molecular weight is 187 g/mol. The van der Waals surface area contributed by atoms with Crippen molar-refractivity contribution in [2.45, 2.75) is 19.9 Å². The van der Waals surface area contributed by atoms with Gasteiger partial charge in [-0.3, -0.25) is 4.99 Å². The highest BCUT2D eigenvalue weighted by Gasteiger charge is 2.09. The quantitative estimate of drug-likeness (QED) is 0.491. The first-order valence-corrected chi connectivity index (χ1v) is 6.87. The van der Waals surface area contributed by atoms with E-state index in [9.17, 15) is 4.57 Å². The van der Waals surface area contributed by atoms with Gasteiger partial charge in [0.2, 0.25) is 0 Å². The van der Waals surface area contributed by atoms with Crippen LogP contribution in [0.1, 0.15) is 13.8 Å². The smallest absolute Gasteiger partial charge is 0.0876 e.